The summed E-state index contributed by atoms with van der Waals surface area (Å²) in [6, 6.07) is 7.24. The summed E-state index contributed by atoms with van der Waals surface area (Å²) in [4.78, 5) is 33.6. The molecule has 0 aliphatic carbocycles. The van der Waals surface area contributed by atoms with Crippen molar-refractivity contribution in [2.75, 3.05) is 0 Å². The number of rotatable bonds is 3. The zero-order valence-electron chi connectivity index (χ0n) is 14.0. The van der Waals surface area contributed by atoms with Crippen LogP contribution in [0.4, 0.5) is 0 Å². The molecule has 7 heteroatoms. The van der Waals surface area contributed by atoms with Crippen molar-refractivity contribution >= 4 is 16.8 Å². The lowest BCUT2D eigenvalue weighted by Crippen LogP contribution is -2.43. The molecule has 3 aromatic rings. The fraction of sp³-hybridized carbons (Fsp3) is 0.333. The largest absolute Gasteiger partial charge is 0.350 e. The van der Waals surface area contributed by atoms with Gasteiger partial charge >= 0.3 is 0 Å². The van der Waals surface area contributed by atoms with E-state index >= 15 is 0 Å². The van der Waals surface area contributed by atoms with Gasteiger partial charge in [0.2, 0.25) is 5.91 Å². The lowest BCUT2D eigenvalue weighted by atomic mass is 10.1. The predicted octanol–water partition coefficient (Wildman–Crippen LogP) is 1.03. The zero-order chi connectivity index (χ0) is 17.4. The van der Waals surface area contributed by atoms with Gasteiger partial charge in [0.05, 0.1) is 17.2 Å². The molecule has 1 aromatic carbocycles. The Bertz CT molecular complexity index is 1000. The molecule has 1 amide bonds. The van der Waals surface area contributed by atoms with Gasteiger partial charge in [-0.3, -0.25) is 14.2 Å². The van der Waals surface area contributed by atoms with E-state index in [0.717, 1.165) is 12.8 Å². The van der Waals surface area contributed by atoms with Crippen molar-refractivity contribution < 1.29 is 4.79 Å². The van der Waals surface area contributed by atoms with Gasteiger partial charge in [0.25, 0.3) is 5.56 Å². The highest BCUT2D eigenvalue weighted by atomic mass is 16.2. The minimum Gasteiger partial charge on any atom is -0.350 e. The lowest BCUT2D eigenvalue weighted by molar-refractivity contribution is -0.122. The zero-order valence-corrected chi connectivity index (χ0v) is 14.0. The van der Waals surface area contributed by atoms with Crippen molar-refractivity contribution in [2.24, 2.45) is 0 Å². The number of para-hydroxylation sites is 1. The molecule has 0 radical (unpaired) electrons. The van der Waals surface area contributed by atoms with E-state index < -0.39 is 0 Å². The third kappa shape index (κ3) is 2.93. The van der Waals surface area contributed by atoms with Crippen LogP contribution in [0.15, 0.2) is 41.6 Å². The molecule has 128 valence electrons. The molecule has 0 saturated carbocycles. The Kier molecular flexibility index (Phi) is 3.83. The molecule has 1 aliphatic rings. The van der Waals surface area contributed by atoms with Gasteiger partial charge in [0, 0.05) is 24.5 Å². The summed E-state index contributed by atoms with van der Waals surface area (Å²) < 4.78 is 3.49. The molecule has 1 atom stereocenters. The fourth-order valence-corrected chi connectivity index (χ4v) is 3.37. The number of carbonyl (C=O) groups is 1. The Labute approximate surface area is 144 Å². The Morgan fingerprint density at radius 3 is 3.08 bits per heavy atom. The molecule has 7 nitrogen and oxygen atoms in total. The lowest BCUT2D eigenvalue weighted by Gasteiger charge is -2.25. The first-order valence-corrected chi connectivity index (χ1v) is 8.36. The van der Waals surface area contributed by atoms with Crippen LogP contribution < -0.4 is 10.9 Å². The van der Waals surface area contributed by atoms with Crippen LogP contribution in [0.2, 0.25) is 0 Å². The molecule has 0 bridgehead atoms. The van der Waals surface area contributed by atoms with Crippen LogP contribution in [0.3, 0.4) is 0 Å². The summed E-state index contributed by atoms with van der Waals surface area (Å²) in [5.74, 6) is 0.371. The minimum absolute atomic E-state index is 0.0181. The first-order chi connectivity index (χ1) is 12.1. The molecule has 3 heterocycles. The van der Waals surface area contributed by atoms with Crippen LogP contribution in [-0.2, 0) is 24.3 Å². The number of aromatic nitrogens is 4. The minimum atomic E-state index is -0.182. The third-order valence-corrected chi connectivity index (χ3v) is 4.68. The summed E-state index contributed by atoms with van der Waals surface area (Å²) in [7, 11) is 0. The Morgan fingerprint density at radius 2 is 2.20 bits per heavy atom. The monoisotopic (exact) mass is 337 g/mol. The standard InChI is InChI=1S/C18H19N5O2/c1-12-20-16-5-3-2-4-15(16)18(25)23(12)10-17(24)21-13-6-7-14-8-19-11-22(14)9-13/h2-5,8,11,13H,6-7,9-10H2,1H3,(H,21,24)/t13-/m0/s1. The van der Waals surface area contributed by atoms with Crippen LogP contribution in [0.1, 0.15) is 17.9 Å². The molecule has 0 spiro atoms. The van der Waals surface area contributed by atoms with Gasteiger partial charge in [-0.1, -0.05) is 12.1 Å². The summed E-state index contributed by atoms with van der Waals surface area (Å²) in [5, 5.41) is 3.55. The van der Waals surface area contributed by atoms with Gasteiger partial charge in [-0.05, 0) is 31.9 Å². The highest BCUT2D eigenvalue weighted by molar-refractivity contribution is 5.79. The molecule has 25 heavy (non-hydrogen) atoms. The number of aryl methyl sites for hydroxylation is 2. The highest BCUT2D eigenvalue weighted by Crippen LogP contribution is 2.14. The summed E-state index contributed by atoms with van der Waals surface area (Å²) in [6.07, 6.45) is 5.42. The Balaban J connectivity index is 1.52. The second-order valence-electron chi connectivity index (χ2n) is 6.41. The quantitative estimate of drug-likeness (QED) is 0.774. The Hall–Kier alpha value is -2.96. The van der Waals surface area contributed by atoms with E-state index in [9.17, 15) is 9.59 Å². The first kappa shape index (κ1) is 15.6. The molecule has 0 saturated heterocycles. The molecule has 1 N–H and O–H groups in total. The number of carbonyl (C=O) groups excluding carboxylic acids is 1. The number of hydrogen-bond donors (Lipinski definition) is 1. The van der Waals surface area contributed by atoms with E-state index in [2.05, 4.69) is 19.9 Å². The molecule has 2 aromatic heterocycles. The third-order valence-electron chi connectivity index (χ3n) is 4.68. The summed E-state index contributed by atoms with van der Waals surface area (Å²) >= 11 is 0. The smallest absolute Gasteiger partial charge is 0.261 e. The first-order valence-electron chi connectivity index (χ1n) is 8.36. The van der Waals surface area contributed by atoms with Crippen molar-refractivity contribution in [3.05, 3.63) is 58.7 Å². The van der Waals surface area contributed by atoms with Gasteiger partial charge < -0.3 is 9.88 Å². The molecule has 4 rings (SSSR count). The van der Waals surface area contributed by atoms with Crippen LogP contribution in [-0.4, -0.2) is 31.1 Å². The maximum absolute atomic E-state index is 12.6. The van der Waals surface area contributed by atoms with Gasteiger partial charge in [-0.15, -0.1) is 0 Å². The van der Waals surface area contributed by atoms with E-state index in [1.165, 1.54) is 10.3 Å². The number of benzene rings is 1. The van der Waals surface area contributed by atoms with Crippen molar-refractivity contribution in [2.45, 2.75) is 38.9 Å². The van der Waals surface area contributed by atoms with Crippen molar-refractivity contribution in [3.63, 3.8) is 0 Å². The number of amides is 1. The summed E-state index contributed by atoms with van der Waals surface area (Å²) in [5.41, 5.74) is 1.66. The van der Waals surface area contributed by atoms with E-state index in [0.29, 0.717) is 23.3 Å². The average molecular weight is 337 g/mol. The van der Waals surface area contributed by atoms with Gasteiger partial charge in [-0.25, -0.2) is 9.97 Å². The number of nitrogens with zero attached hydrogens (tertiary/aromatic N) is 4. The maximum Gasteiger partial charge on any atom is 0.261 e. The topological polar surface area (TPSA) is 81.8 Å². The molecule has 0 fully saturated rings. The molecular formula is C18H19N5O2. The number of imidazole rings is 1. The van der Waals surface area contributed by atoms with Crippen molar-refractivity contribution in [1.82, 2.24) is 24.4 Å². The number of fused-ring (bicyclic) bond motifs is 2. The molecular weight excluding hydrogens is 318 g/mol. The SMILES string of the molecule is Cc1nc2ccccc2c(=O)n1CC(=O)N[C@H]1CCc2cncn2C1. The van der Waals surface area contributed by atoms with E-state index in [1.54, 1.807) is 31.5 Å². The fourth-order valence-electron chi connectivity index (χ4n) is 3.37. The van der Waals surface area contributed by atoms with Crippen LogP contribution in [0.5, 0.6) is 0 Å². The summed E-state index contributed by atoms with van der Waals surface area (Å²) in [6.45, 7) is 2.44. The number of nitrogens with one attached hydrogen (secondary N) is 1. The normalized spacial score (nSPS) is 16.6. The van der Waals surface area contributed by atoms with Crippen LogP contribution >= 0.6 is 0 Å². The maximum atomic E-state index is 12.6. The van der Waals surface area contributed by atoms with Gasteiger partial charge in [-0.2, -0.15) is 0 Å². The number of hydrogen-bond acceptors (Lipinski definition) is 4. The van der Waals surface area contributed by atoms with Crippen LogP contribution in [0.25, 0.3) is 10.9 Å². The Morgan fingerprint density at radius 1 is 1.36 bits per heavy atom. The second kappa shape index (κ2) is 6.16. The van der Waals surface area contributed by atoms with E-state index in [-0.39, 0.29) is 24.1 Å². The van der Waals surface area contributed by atoms with Crippen molar-refractivity contribution in [3.8, 4) is 0 Å². The van der Waals surface area contributed by atoms with Crippen LogP contribution in [0, 0.1) is 6.92 Å². The molecule has 0 unspecified atom stereocenters. The predicted molar refractivity (Wildman–Crippen MR) is 93.2 cm³/mol. The van der Waals surface area contributed by atoms with Crippen molar-refractivity contribution in [1.29, 1.82) is 0 Å². The van der Waals surface area contributed by atoms with E-state index in [1.807, 2.05) is 12.3 Å². The second-order valence-corrected chi connectivity index (χ2v) is 6.41. The molecule has 1 aliphatic heterocycles. The highest BCUT2D eigenvalue weighted by Gasteiger charge is 2.20. The van der Waals surface area contributed by atoms with E-state index in [4.69, 9.17) is 0 Å². The van der Waals surface area contributed by atoms with Gasteiger partial charge in [0.1, 0.15) is 12.4 Å². The van der Waals surface area contributed by atoms with Gasteiger partial charge in [0.15, 0.2) is 0 Å². The average Bonchev–Trinajstić information content (AvgIpc) is 3.06.